The van der Waals surface area contributed by atoms with E-state index in [1.807, 2.05) is 13.8 Å². The molecule has 0 unspecified atom stereocenters. The summed E-state index contributed by atoms with van der Waals surface area (Å²) in [4.78, 5) is 18.8. The molecule has 1 aliphatic rings. The second kappa shape index (κ2) is 6.39. The first-order chi connectivity index (χ1) is 9.54. The van der Waals surface area contributed by atoms with E-state index in [1.54, 1.807) is 0 Å². The highest BCUT2D eigenvalue weighted by Gasteiger charge is 2.31. The second-order valence-electron chi connectivity index (χ2n) is 6.24. The van der Waals surface area contributed by atoms with Crippen molar-refractivity contribution in [3.05, 3.63) is 22.2 Å². The maximum absolute atomic E-state index is 11.6. The number of H-pyrrole nitrogens is 1. The Bertz CT molecular complexity index is 490. The van der Waals surface area contributed by atoms with Gasteiger partial charge in [-0.3, -0.25) is 4.79 Å². The highest BCUT2D eigenvalue weighted by molar-refractivity contribution is 5.33. The van der Waals surface area contributed by atoms with Crippen molar-refractivity contribution in [3.63, 3.8) is 0 Å². The summed E-state index contributed by atoms with van der Waals surface area (Å²) in [5, 5.41) is 12.9. The Morgan fingerprint density at radius 3 is 2.70 bits per heavy atom. The lowest BCUT2D eigenvalue weighted by atomic mass is 9.74. The minimum absolute atomic E-state index is 0.0550. The molecule has 3 N–H and O–H groups in total. The average Bonchev–Trinajstić information content (AvgIpc) is 2.45. The van der Waals surface area contributed by atoms with Gasteiger partial charge in [0.25, 0.3) is 5.56 Å². The number of rotatable bonds is 5. The van der Waals surface area contributed by atoms with Gasteiger partial charge in [-0.25, -0.2) is 4.98 Å². The first-order valence-corrected chi connectivity index (χ1v) is 7.51. The first kappa shape index (κ1) is 15.0. The van der Waals surface area contributed by atoms with Crippen LogP contribution in [-0.2, 0) is 0 Å². The highest BCUT2D eigenvalue weighted by atomic mass is 16.3. The maximum Gasteiger partial charge on any atom is 0.252 e. The van der Waals surface area contributed by atoms with Gasteiger partial charge < -0.3 is 15.4 Å². The normalized spacial score (nSPS) is 18.2. The van der Waals surface area contributed by atoms with E-state index in [4.69, 9.17) is 0 Å². The van der Waals surface area contributed by atoms with E-state index in [2.05, 4.69) is 15.3 Å². The van der Waals surface area contributed by atoms with Crippen LogP contribution in [0.5, 0.6) is 0 Å². The zero-order chi connectivity index (χ0) is 14.6. The fraction of sp³-hybridized carbons (Fsp3) is 0.733. The molecule has 20 heavy (non-hydrogen) atoms. The van der Waals surface area contributed by atoms with Gasteiger partial charge in [0.2, 0.25) is 0 Å². The molecule has 2 rings (SSSR count). The molecular formula is C15H25N3O2. The van der Waals surface area contributed by atoms with Crippen LogP contribution in [-0.4, -0.2) is 28.2 Å². The number of aromatic amines is 1. The topological polar surface area (TPSA) is 78.0 Å². The molecular weight excluding hydrogens is 254 g/mol. The third-order valence-corrected chi connectivity index (χ3v) is 4.20. The summed E-state index contributed by atoms with van der Waals surface area (Å²) in [6, 6.07) is 1.49. The Morgan fingerprint density at radius 2 is 2.10 bits per heavy atom. The molecule has 0 saturated heterocycles. The highest BCUT2D eigenvalue weighted by Crippen LogP contribution is 2.35. The van der Waals surface area contributed by atoms with Gasteiger partial charge in [-0.1, -0.05) is 33.1 Å². The summed E-state index contributed by atoms with van der Waals surface area (Å²) in [6.07, 6.45) is 5.67. The van der Waals surface area contributed by atoms with Crippen LogP contribution in [0.1, 0.15) is 57.7 Å². The molecule has 0 radical (unpaired) electrons. The molecule has 5 nitrogen and oxygen atoms in total. The third-order valence-electron chi connectivity index (χ3n) is 4.20. The van der Waals surface area contributed by atoms with Crippen LogP contribution in [0.15, 0.2) is 10.9 Å². The Labute approximate surface area is 119 Å². The molecule has 1 aromatic rings. The molecule has 0 atom stereocenters. The Kier molecular flexibility index (Phi) is 4.81. The lowest BCUT2D eigenvalue weighted by Crippen LogP contribution is -2.36. The molecule has 0 amide bonds. The second-order valence-corrected chi connectivity index (χ2v) is 6.24. The minimum Gasteiger partial charge on any atom is -0.396 e. The SMILES string of the molecule is CC(C)c1nc(NCC2(CO)CCCCC2)cc(=O)[nH]1. The van der Waals surface area contributed by atoms with Crippen LogP contribution in [0.3, 0.4) is 0 Å². The number of aromatic nitrogens is 2. The fourth-order valence-electron chi connectivity index (χ4n) is 2.81. The number of nitrogens with one attached hydrogen (secondary N) is 2. The number of aliphatic hydroxyl groups is 1. The standard InChI is InChI=1S/C15H25N3O2/c1-11(2)14-17-12(8-13(20)18-14)16-9-15(10-19)6-4-3-5-7-15/h8,11,19H,3-7,9-10H2,1-2H3,(H2,16,17,18,20). The van der Waals surface area contributed by atoms with E-state index < -0.39 is 0 Å². The van der Waals surface area contributed by atoms with E-state index in [9.17, 15) is 9.90 Å². The molecule has 0 spiro atoms. The minimum atomic E-state index is -0.132. The lowest BCUT2D eigenvalue weighted by molar-refractivity contribution is 0.0943. The number of nitrogens with zero attached hydrogens (tertiary/aromatic N) is 1. The van der Waals surface area contributed by atoms with Gasteiger partial charge in [-0.05, 0) is 12.8 Å². The van der Waals surface area contributed by atoms with E-state index >= 15 is 0 Å². The quantitative estimate of drug-likeness (QED) is 0.772. The van der Waals surface area contributed by atoms with E-state index in [1.165, 1.54) is 25.3 Å². The molecule has 1 aliphatic carbocycles. The summed E-state index contributed by atoms with van der Waals surface area (Å²) in [5.41, 5.74) is -0.187. The zero-order valence-electron chi connectivity index (χ0n) is 12.4. The Morgan fingerprint density at radius 1 is 1.40 bits per heavy atom. The van der Waals surface area contributed by atoms with Crippen molar-refractivity contribution < 1.29 is 5.11 Å². The molecule has 5 heteroatoms. The predicted molar refractivity (Wildman–Crippen MR) is 80.0 cm³/mol. The molecule has 112 valence electrons. The van der Waals surface area contributed by atoms with Crippen LogP contribution < -0.4 is 10.9 Å². The summed E-state index contributed by atoms with van der Waals surface area (Å²) < 4.78 is 0. The molecule has 1 fully saturated rings. The number of aliphatic hydroxyl groups excluding tert-OH is 1. The van der Waals surface area contributed by atoms with Crippen LogP contribution >= 0.6 is 0 Å². The molecule has 1 heterocycles. The zero-order valence-corrected chi connectivity index (χ0v) is 12.4. The van der Waals surface area contributed by atoms with Crippen LogP contribution in [0.2, 0.25) is 0 Å². The predicted octanol–water partition coefficient (Wildman–Crippen LogP) is 2.25. The van der Waals surface area contributed by atoms with Crippen molar-refractivity contribution in [2.45, 2.75) is 51.9 Å². The van der Waals surface area contributed by atoms with E-state index in [-0.39, 0.29) is 23.5 Å². The van der Waals surface area contributed by atoms with Gasteiger partial charge in [0, 0.05) is 23.9 Å². The molecule has 0 aromatic carbocycles. The summed E-state index contributed by atoms with van der Waals surface area (Å²) in [6.45, 7) is 4.87. The monoisotopic (exact) mass is 279 g/mol. The molecule has 1 saturated carbocycles. The van der Waals surface area contributed by atoms with Crippen molar-refractivity contribution in [2.24, 2.45) is 5.41 Å². The summed E-state index contributed by atoms with van der Waals surface area (Å²) >= 11 is 0. The van der Waals surface area contributed by atoms with Crippen molar-refractivity contribution >= 4 is 5.82 Å². The maximum atomic E-state index is 11.6. The van der Waals surface area contributed by atoms with Gasteiger partial charge in [0.1, 0.15) is 11.6 Å². The van der Waals surface area contributed by atoms with Crippen LogP contribution in [0.4, 0.5) is 5.82 Å². The van der Waals surface area contributed by atoms with Gasteiger partial charge >= 0.3 is 0 Å². The molecule has 1 aromatic heterocycles. The average molecular weight is 279 g/mol. The van der Waals surface area contributed by atoms with Crippen molar-refractivity contribution in [1.82, 2.24) is 9.97 Å². The number of anilines is 1. The summed E-state index contributed by atoms with van der Waals surface area (Å²) in [7, 11) is 0. The Balaban J connectivity index is 2.08. The first-order valence-electron chi connectivity index (χ1n) is 7.51. The van der Waals surface area contributed by atoms with Gasteiger partial charge in [-0.2, -0.15) is 0 Å². The van der Waals surface area contributed by atoms with Crippen LogP contribution in [0, 0.1) is 5.41 Å². The van der Waals surface area contributed by atoms with Gasteiger partial charge in [0.05, 0.1) is 6.61 Å². The van der Waals surface area contributed by atoms with E-state index in [0.29, 0.717) is 18.2 Å². The van der Waals surface area contributed by atoms with Crippen LogP contribution in [0.25, 0.3) is 0 Å². The van der Waals surface area contributed by atoms with Crippen molar-refractivity contribution in [2.75, 3.05) is 18.5 Å². The fourth-order valence-corrected chi connectivity index (χ4v) is 2.81. The van der Waals surface area contributed by atoms with Crippen molar-refractivity contribution in [1.29, 1.82) is 0 Å². The van der Waals surface area contributed by atoms with E-state index in [0.717, 1.165) is 12.8 Å². The third kappa shape index (κ3) is 3.60. The number of hydrogen-bond acceptors (Lipinski definition) is 4. The molecule has 0 bridgehead atoms. The van der Waals surface area contributed by atoms with Gasteiger partial charge in [0.15, 0.2) is 0 Å². The molecule has 0 aliphatic heterocycles. The lowest BCUT2D eigenvalue weighted by Gasteiger charge is -2.35. The smallest absolute Gasteiger partial charge is 0.252 e. The van der Waals surface area contributed by atoms with Crippen molar-refractivity contribution in [3.8, 4) is 0 Å². The van der Waals surface area contributed by atoms with Gasteiger partial charge in [-0.15, -0.1) is 0 Å². The largest absolute Gasteiger partial charge is 0.396 e. The summed E-state index contributed by atoms with van der Waals surface area (Å²) in [5.74, 6) is 1.49. The Hall–Kier alpha value is -1.36. The number of hydrogen-bond donors (Lipinski definition) is 3.